The number of carbonyl (C=O) groups is 3. The van der Waals surface area contributed by atoms with Gasteiger partial charge in [0.25, 0.3) is 5.91 Å². The van der Waals surface area contributed by atoms with Gasteiger partial charge in [-0.15, -0.1) is 0 Å². The van der Waals surface area contributed by atoms with Crippen LogP contribution in [0.15, 0.2) is 0 Å². The summed E-state index contributed by atoms with van der Waals surface area (Å²) < 4.78 is 0. The van der Waals surface area contributed by atoms with E-state index >= 15 is 0 Å². The van der Waals surface area contributed by atoms with Crippen LogP contribution in [-0.4, -0.2) is 34.8 Å². The van der Waals surface area contributed by atoms with Crippen LogP contribution >= 0.6 is 0 Å². The number of carboxylic acids is 1. The fraction of sp³-hybridized carbons (Fsp3) is 0.400. The van der Waals surface area contributed by atoms with E-state index in [1.807, 2.05) is 0 Å². The number of Topliss-reactive ketones (excluding diaryl/α,β-unsaturated/α-hetero) is 1. The van der Waals surface area contributed by atoms with Gasteiger partial charge in [0.1, 0.15) is 12.1 Å². The lowest BCUT2D eigenvalue weighted by Crippen LogP contribution is -2.68. The quantitative estimate of drug-likeness (QED) is 0.303. The molecule has 0 bridgehead atoms. The molecule has 60 valence electrons. The fourth-order valence-corrected chi connectivity index (χ4v) is 0.737. The summed E-state index contributed by atoms with van der Waals surface area (Å²) in [7, 11) is 0. The molecule has 1 aliphatic rings. The van der Waals surface area contributed by atoms with E-state index in [9.17, 15) is 14.4 Å². The van der Waals surface area contributed by atoms with Crippen molar-refractivity contribution >= 4 is 17.7 Å². The van der Waals surface area contributed by atoms with E-state index in [1.165, 1.54) is 0 Å². The second kappa shape index (κ2) is 2.31. The number of β-lactam (4-membered cyclic amide) rings is 1. The molecule has 6 heteroatoms. The van der Waals surface area contributed by atoms with Gasteiger partial charge >= 0.3 is 5.97 Å². The molecule has 1 saturated heterocycles. The summed E-state index contributed by atoms with van der Waals surface area (Å²) in [6.45, 7) is 0. The summed E-state index contributed by atoms with van der Waals surface area (Å²) in [6, 6.07) is -2.37. The highest BCUT2D eigenvalue weighted by Gasteiger charge is 2.43. The number of hydrogen-bond donors (Lipinski definition) is 3. The smallest absolute Gasteiger partial charge is 0.323 e. The van der Waals surface area contributed by atoms with Crippen molar-refractivity contribution in [3.63, 3.8) is 0 Å². The summed E-state index contributed by atoms with van der Waals surface area (Å²) >= 11 is 0. The lowest BCUT2D eigenvalue weighted by atomic mass is 9.97. The zero-order valence-electron chi connectivity index (χ0n) is 5.40. The lowest BCUT2D eigenvalue weighted by Gasteiger charge is -2.27. The van der Waals surface area contributed by atoms with Crippen LogP contribution in [0.2, 0.25) is 0 Å². The number of rotatable bonds is 2. The molecule has 0 aromatic carbocycles. The average Bonchev–Trinajstić information content (AvgIpc) is 1.98. The molecule has 4 N–H and O–H groups in total. The predicted molar refractivity (Wildman–Crippen MR) is 32.5 cm³/mol. The maximum atomic E-state index is 10.6. The zero-order valence-corrected chi connectivity index (χ0v) is 5.40. The van der Waals surface area contributed by atoms with E-state index in [-0.39, 0.29) is 0 Å². The number of carbonyl (C=O) groups excluding carboxylic acids is 2. The van der Waals surface area contributed by atoms with Crippen LogP contribution in [-0.2, 0) is 14.4 Å². The number of hydrogen-bond acceptors (Lipinski definition) is 4. The first kappa shape index (κ1) is 7.67. The molecule has 0 aromatic heterocycles. The van der Waals surface area contributed by atoms with Crippen LogP contribution in [0.5, 0.6) is 0 Å². The third-order valence-corrected chi connectivity index (χ3v) is 1.44. The van der Waals surface area contributed by atoms with Crippen LogP contribution < -0.4 is 11.1 Å². The van der Waals surface area contributed by atoms with Crippen molar-refractivity contribution in [2.75, 3.05) is 0 Å². The topological polar surface area (TPSA) is 109 Å². The van der Waals surface area contributed by atoms with E-state index in [0.29, 0.717) is 0 Å². The van der Waals surface area contributed by atoms with Crippen molar-refractivity contribution in [2.45, 2.75) is 12.1 Å². The molecule has 2 unspecified atom stereocenters. The van der Waals surface area contributed by atoms with E-state index in [0.717, 1.165) is 0 Å². The maximum Gasteiger partial charge on any atom is 0.323 e. The minimum atomic E-state index is -1.33. The van der Waals surface area contributed by atoms with Crippen LogP contribution in [0.1, 0.15) is 0 Å². The Hall–Kier alpha value is -1.43. The normalized spacial score (nSPS) is 25.4. The van der Waals surface area contributed by atoms with Crippen molar-refractivity contribution in [2.24, 2.45) is 5.73 Å². The number of ketones is 1. The Morgan fingerprint density at radius 2 is 2.18 bits per heavy atom. The van der Waals surface area contributed by atoms with Gasteiger partial charge in [0, 0.05) is 0 Å². The summed E-state index contributed by atoms with van der Waals surface area (Å²) in [4.78, 5) is 31.0. The molecular formula is C5H6N2O4. The second-order valence-corrected chi connectivity index (χ2v) is 2.18. The second-order valence-electron chi connectivity index (χ2n) is 2.18. The van der Waals surface area contributed by atoms with E-state index in [4.69, 9.17) is 10.8 Å². The molecule has 2 atom stereocenters. The van der Waals surface area contributed by atoms with E-state index in [1.54, 1.807) is 0 Å². The summed E-state index contributed by atoms with van der Waals surface area (Å²) in [5.74, 6) is -2.84. The highest BCUT2D eigenvalue weighted by molar-refractivity contribution is 6.45. The Balaban J connectivity index is 2.59. The van der Waals surface area contributed by atoms with Gasteiger partial charge in [-0.1, -0.05) is 0 Å². The number of amides is 1. The van der Waals surface area contributed by atoms with Crippen molar-refractivity contribution in [3.05, 3.63) is 0 Å². The van der Waals surface area contributed by atoms with Gasteiger partial charge in [0.05, 0.1) is 0 Å². The third-order valence-electron chi connectivity index (χ3n) is 1.44. The van der Waals surface area contributed by atoms with Gasteiger partial charge in [0.2, 0.25) is 5.78 Å². The van der Waals surface area contributed by atoms with Gasteiger partial charge in [-0.25, -0.2) is 0 Å². The molecule has 6 nitrogen and oxygen atoms in total. The van der Waals surface area contributed by atoms with Gasteiger partial charge in [-0.3, -0.25) is 14.4 Å². The number of nitrogens with one attached hydrogen (secondary N) is 1. The Kier molecular flexibility index (Phi) is 1.61. The monoisotopic (exact) mass is 158 g/mol. The first-order chi connectivity index (χ1) is 5.04. The molecule has 0 aliphatic carbocycles. The van der Waals surface area contributed by atoms with Crippen molar-refractivity contribution < 1.29 is 19.5 Å². The average molecular weight is 158 g/mol. The molecule has 1 amide bonds. The number of nitrogens with two attached hydrogens (primary N) is 1. The highest BCUT2D eigenvalue weighted by Crippen LogP contribution is 2.02. The largest absolute Gasteiger partial charge is 0.480 e. The molecule has 0 aromatic rings. The van der Waals surface area contributed by atoms with Crippen LogP contribution in [0.4, 0.5) is 0 Å². The van der Waals surface area contributed by atoms with Crippen molar-refractivity contribution in [3.8, 4) is 0 Å². The first-order valence-corrected chi connectivity index (χ1v) is 2.87. The minimum Gasteiger partial charge on any atom is -0.480 e. The molecule has 0 saturated carbocycles. The van der Waals surface area contributed by atoms with Gasteiger partial charge in [-0.2, -0.15) is 0 Å². The molecule has 1 fully saturated rings. The standard InChI is InChI=1S/C5H6N2O4/c6-1(5(10)11)2-3(8)4(9)7-2/h1-2H,6H2,(H,7,9)(H,10,11). The lowest BCUT2D eigenvalue weighted by molar-refractivity contribution is -0.151. The third kappa shape index (κ3) is 1.07. The molecule has 1 aliphatic heterocycles. The predicted octanol–water partition coefficient (Wildman–Crippen LogP) is -2.53. The molecule has 0 spiro atoms. The summed E-state index contributed by atoms with van der Waals surface area (Å²) in [5.41, 5.74) is 5.04. The molecule has 1 heterocycles. The molecular weight excluding hydrogens is 152 g/mol. The SMILES string of the molecule is NC(C(=O)O)C1NC(=O)C1=O. The van der Waals surface area contributed by atoms with Crippen LogP contribution in [0.3, 0.4) is 0 Å². The van der Waals surface area contributed by atoms with Gasteiger partial charge in [-0.05, 0) is 0 Å². The van der Waals surface area contributed by atoms with Crippen molar-refractivity contribution in [1.82, 2.24) is 5.32 Å². The molecule has 11 heavy (non-hydrogen) atoms. The molecule has 0 radical (unpaired) electrons. The number of carboxylic acid groups (broad SMARTS) is 1. The Morgan fingerprint density at radius 1 is 1.64 bits per heavy atom. The summed E-state index contributed by atoms with van der Waals surface area (Å²) in [6.07, 6.45) is 0. The highest BCUT2D eigenvalue weighted by atomic mass is 16.4. The molecule has 1 rings (SSSR count). The maximum absolute atomic E-state index is 10.6. The fourth-order valence-electron chi connectivity index (χ4n) is 0.737. The van der Waals surface area contributed by atoms with E-state index in [2.05, 4.69) is 5.32 Å². The number of aliphatic carboxylic acids is 1. The van der Waals surface area contributed by atoms with Crippen molar-refractivity contribution in [1.29, 1.82) is 0 Å². The Bertz CT molecular complexity index is 237. The van der Waals surface area contributed by atoms with Gasteiger partial charge < -0.3 is 16.2 Å². The minimum absolute atomic E-state index is 0.764. The van der Waals surface area contributed by atoms with Crippen LogP contribution in [0.25, 0.3) is 0 Å². The Morgan fingerprint density at radius 3 is 2.45 bits per heavy atom. The van der Waals surface area contributed by atoms with E-state index < -0.39 is 29.7 Å². The van der Waals surface area contributed by atoms with Crippen LogP contribution in [0, 0.1) is 0 Å². The Labute approximate surface area is 61.4 Å². The summed E-state index contributed by atoms with van der Waals surface area (Å²) in [5, 5.41) is 10.4. The first-order valence-electron chi connectivity index (χ1n) is 2.87. The zero-order chi connectivity index (χ0) is 8.59. The van der Waals surface area contributed by atoms with Gasteiger partial charge in [0.15, 0.2) is 0 Å².